The number of allylic oxidation sites excluding steroid dienone is 2. The molecule has 0 rings (SSSR count). The van der Waals surface area contributed by atoms with Gasteiger partial charge in [0.05, 0.1) is 12.8 Å². The molecule has 2 N–H and O–H groups in total. The van der Waals surface area contributed by atoms with E-state index in [1.165, 1.54) is 19.3 Å². The first kappa shape index (κ1) is 19.7. The van der Waals surface area contributed by atoms with E-state index < -0.39 is 11.9 Å². The van der Waals surface area contributed by atoms with Crippen LogP contribution in [-0.4, -0.2) is 53.1 Å². The zero-order valence-corrected chi connectivity index (χ0v) is 13.0. The van der Waals surface area contributed by atoms with Crippen LogP contribution in [0.4, 0.5) is 0 Å². The second kappa shape index (κ2) is 14.4. The molecule has 0 aromatic rings. The fraction of sp³-hybridized carbons (Fsp3) is 0.583. The summed E-state index contributed by atoms with van der Waals surface area (Å²) < 4.78 is 0.288. The molecule has 0 aliphatic carbocycles. The minimum Gasteiger partial charge on any atom is -0.481 e. The summed E-state index contributed by atoms with van der Waals surface area (Å²) in [5.41, 5.74) is 0. The molecule has 0 aliphatic rings. The van der Waals surface area contributed by atoms with Gasteiger partial charge in [-0.05, 0) is 0 Å². The third-order valence-electron chi connectivity index (χ3n) is 1.88. The minimum absolute atomic E-state index is 0.288. The van der Waals surface area contributed by atoms with Gasteiger partial charge in [0, 0.05) is 0 Å². The van der Waals surface area contributed by atoms with Crippen LogP contribution < -0.4 is 0 Å². The first-order valence-electron chi connectivity index (χ1n) is 6.00. The third kappa shape index (κ3) is 24.5. The van der Waals surface area contributed by atoms with E-state index >= 15 is 0 Å². The Balaban J connectivity index is 0. The van der Waals surface area contributed by atoms with Crippen molar-refractivity contribution in [1.29, 1.82) is 0 Å². The molecule has 0 saturated carbocycles. The monoisotopic (exact) mass is 266 g/mol. The van der Waals surface area contributed by atoms with Crippen molar-refractivity contribution in [3.63, 3.8) is 0 Å². The number of rotatable bonds is 8. The standard InChI is InChI=1S/C8H13O.C4H6O4.Na/c1-2-3-4-5-6-7-8-9;5-3(6)1-2-4(7)8;/h6-7H,2-5H2,1H3;1-2H2,(H,5,6)(H,7,8);. The summed E-state index contributed by atoms with van der Waals surface area (Å²) in [5.74, 6) is -2.15. The van der Waals surface area contributed by atoms with E-state index in [0.29, 0.717) is 27.9 Å². The van der Waals surface area contributed by atoms with Crippen LogP contribution in [0, 0.1) is 0 Å². The van der Waals surface area contributed by atoms with E-state index in [4.69, 9.17) is 10.2 Å². The van der Waals surface area contributed by atoms with Gasteiger partial charge in [-0.25, -0.2) is 0 Å². The number of carboxylic acids is 2. The number of hydrogen-bond donors (Lipinski definition) is 2. The summed E-state index contributed by atoms with van der Waals surface area (Å²) in [7, 11) is 0. The molecule has 0 heterocycles. The number of carboxylic acid groups (broad SMARTS) is 2. The summed E-state index contributed by atoms with van der Waals surface area (Å²) >= 11 is 0.663. The average molecular weight is 266 g/mol. The van der Waals surface area contributed by atoms with Crippen LogP contribution >= 0.6 is 0 Å². The van der Waals surface area contributed by atoms with E-state index in [1.54, 1.807) is 6.08 Å². The summed E-state index contributed by atoms with van der Waals surface area (Å²) in [5, 5.41) is 15.8. The zero-order valence-electron chi connectivity index (χ0n) is 11.0. The summed E-state index contributed by atoms with van der Waals surface area (Å²) in [4.78, 5) is 29.7. The Bertz CT molecular complexity index is 272. The molecule has 0 spiro atoms. The molecule has 0 amide bonds. The molecule has 0 aromatic heterocycles. The van der Waals surface area contributed by atoms with Gasteiger partial charge in [0.15, 0.2) is 0 Å². The van der Waals surface area contributed by atoms with Gasteiger partial charge in [0.2, 0.25) is 0 Å². The number of carbonyl (C=O) groups excluding carboxylic acids is 1. The van der Waals surface area contributed by atoms with Crippen LogP contribution in [0.25, 0.3) is 0 Å². The van der Waals surface area contributed by atoms with Crippen LogP contribution in [0.1, 0.15) is 45.4 Å². The molecule has 0 aromatic carbocycles. The van der Waals surface area contributed by atoms with Crippen molar-refractivity contribution in [1.82, 2.24) is 0 Å². The number of hydrogen-bond acceptors (Lipinski definition) is 3. The van der Waals surface area contributed by atoms with Gasteiger partial charge in [-0.15, -0.1) is 0 Å². The van der Waals surface area contributed by atoms with Crippen LogP contribution in [0.15, 0.2) is 12.2 Å². The summed E-state index contributed by atoms with van der Waals surface area (Å²) in [6.45, 7) is 2.18. The van der Waals surface area contributed by atoms with Crippen molar-refractivity contribution < 1.29 is 24.6 Å². The van der Waals surface area contributed by atoms with Crippen molar-refractivity contribution in [3.05, 3.63) is 12.2 Å². The maximum Gasteiger partial charge on any atom is 0.303 e. The topological polar surface area (TPSA) is 91.7 Å². The van der Waals surface area contributed by atoms with Crippen LogP contribution in [0.3, 0.4) is 0 Å². The van der Waals surface area contributed by atoms with Gasteiger partial charge in [-0.1, -0.05) is 0 Å². The van der Waals surface area contributed by atoms with Crippen LogP contribution in [0.5, 0.6) is 0 Å². The maximum atomic E-state index is 10.5. The summed E-state index contributed by atoms with van der Waals surface area (Å²) in [6, 6.07) is 0. The maximum absolute atomic E-state index is 10.5. The predicted octanol–water partition coefficient (Wildman–Crippen LogP) is 1.75. The van der Waals surface area contributed by atoms with Gasteiger partial charge in [-0.2, -0.15) is 0 Å². The van der Waals surface area contributed by atoms with Crippen molar-refractivity contribution in [3.8, 4) is 0 Å². The van der Waals surface area contributed by atoms with Crippen molar-refractivity contribution in [2.45, 2.75) is 45.4 Å². The molecule has 98 valence electrons. The largest absolute Gasteiger partial charge is 0.481 e. The SMILES string of the molecule is CCCCCC=C[C](=O)[Na].O=C(O)CCC(=O)O. The molecule has 0 radical (unpaired) electrons. The van der Waals surface area contributed by atoms with Gasteiger partial charge < -0.3 is 10.2 Å². The van der Waals surface area contributed by atoms with Gasteiger partial charge in [0.1, 0.15) is 0 Å². The van der Waals surface area contributed by atoms with Crippen molar-refractivity contribution in [2.75, 3.05) is 0 Å². The van der Waals surface area contributed by atoms with E-state index in [9.17, 15) is 14.4 Å². The molecular formula is C12H19NaO5. The Morgan fingerprint density at radius 3 is 1.89 bits per heavy atom. The zero-order chi connectivity index (χ0) is 14.4. The van der Waals surface area contributed by atoms with Crippen LogP contribution in [-0.2, 0) is 14.4 Å². The number of carbonyl (C=O) groups is 3. The number of aliphatic carboxylic acids is 2. The quantitative estimate of drug-likeness (QED) is 0.397. The fourth-order valence-electron chi connectivity index (χ4n) is 0.975. The molecule has 0 unspecified atom stereocenters. The first-order chi connectivity index (χ1) is 8.40. The van der Waals surface area contributed by atoms with Crippen LogP contribution in [0.2, 0.25) is 0 Å². The van der Waals surface area contributed by atoms with E-state index in [0.717, 1.165) is 6.42 Å². The molecular weight excluding hydrogens is 247 g/mol. The van der Waals surface area contributed by atoms with E-state index in [2.05, 4.69) is 6.92 Å². The Kier molecular flexibility index (Phi) is 15.8. The molecule has 5 nitrogen and oxygen atoms in total. The molecule has 18 heavy (non-hydrogen) atoms. The van der Waals surface area contributed by atoms with Gasteiger partial charge in [-0.3, -0.25) is 9.59 Å². The van der Waals surface area contributed by atoms with Crippen molar-refractivity contribution >= 4 is 42.9 Å². The normalized spacial score (nSPS) is 9.72. The smallest absolute Gasteiger partial charge is 0.303 e. The Morgan fingerprint density at radius 2 is 1.56 bits per heavy atom. The second-order valence-electron chi connectivity index (χ2n) is 3.80. The second-order valence-corrected chi connectivity index (χ2v) is 4.78. The molecule has 0 aliphatic heterocycles. The van der Waals surface area contributed by atoms with Crippen molar-refractivity contribution in [2.24, 2.45) is 0 Å². The number of unbranched alkanes of at least 4 members (excludes halogenated alkanes) is 3. The predicted molar refractivity (Wildman–Crippen MR) is 68.5 cm³/mol. The minimum atomic E-state index is -1.08. The summed E-state index contributed by atoms with van der Waals surface area (Å²) in [6.07, 6.45) is 7.93. The van der Waals surface area contributed by atoms with Gasteiger partial charge in [0.25, 0.3) is 0 Å². The molecule has 6 heteroatoms. The first-order valence-corrected chi connectivity index (χ1v) is 7.00. The third-order valence-corrected chi connectivity index (χ3v) is 2.21. The molecule has 0 saturated heterocycles. The Labute approximate surface area is 125 Å². The Hall–Kier alpha value is -0.650. The fourth-order valence-corrected chi connectivity index (χ4v) is 1.21. The molecule has 0 atom stereocenters. The van der Waals surface area contributed by atoms with E-state index in [-0.39, 0.29) is 15.9 Å². The average Bonchev–Trinajstić information content (AvgIpc) is 2.26. The Morgan fingerprint density at radius 1 is 1.06 bits per heavy atom. The molecule has 0 fully saturated rings. The van der Waals surface area contributed by atoms with Gasteiger partial charge >= 0.3 is 92.5 Å². The molecule has 0 bridgehead atoms. The van der Waals surface area contributed by atoms with E-state index in [1.807, 2.05) is 6.08 Å².